The maximum absolute atomic E-state index is 5.27. The minimum Gasteiger partial charge on any atom is -0.497 e. The first-order valence-electron chi connectivity index (χ1n) is 9.22. The van der Waals surface area contributed by atoms with Crippen LogP contribution in [0.4, 0.5) is 0 Å². The van der Waals surface area contributed by atoms with Crippen LogP contribution >= 0.6 is 11.8 Å². The van der Waals surface area contributed by atoms with E-state index in [1.807, 2.05) is 12.4 Å². The summed E-state index contributed by atoms with van der Waals surface area (Å²) in [6.07, 6.45) is 8.72. The fourth-order valence-electron chi connectivity index (χ4n) is 3.34. The van der Waals surface area contributed by atoms with Gasteiger partial charge in [0.1, 0.15) is 5.75 Å². The van der Waals surface area contributed by atoms with E-state index < -0.39 is 0 Å². The number of unbranched alkanes of at least 4 members (excludes halogenated alkanes) is 1. The van der Waals surface area contributed by atoms with Gasteiger partial charge in [-0.05, 0) is 74.2 Å². The molecule has 0 N–H and O–H groups in total. The Balaban J connectivity index is 1.40. The maximum Gasteiger partial charge on any atom is 0.118 e. The Morgan fingerprint density at radius 3 is 2.64 bits per heavy atom. The molecule has 0 aliphatic carbocycles. The van der Waals surface area contributed by atoms with Crippen molar-refractivity contribution in [2.75, 3.05) is 32.5 Å². The molecule has 134 valence electrons. The Morgan fingerprint density at radius 2 is 1.88 bits per heavy atom. The second kappa shape index (κ2) is 9.83. The lowest BCUT2D eigenvalue weighted by Crippen LogP contribution is -2.27. The molecule has 2 heterocycles. The normalized spacial score (nSPS) is 18.7. The van der Waals surface area contributed by atoms with E-state index in [4.69, 9.17) is 4.74 Å². The van der Waals surface area contributed by atoms with Crippen molar-refractivity contribution in [2.45, 2.75) is 30.9 Å². The van der Waals surface area contributed by atoms with Gasteiger partial charge in [-0.1, -0.05) is 12.1 Å². The number of methoxy groups -OCH3 is 1. The molecule has 3 nitrogen and oxygen atoms in total. The van der Waals surface area contributed by atoms with Crippen molar-refractivity contribution < 1.29 is 4.74 Å². The summed E-state index contributed by atoms with van der Waals surface area (Å²) in [4.78, 5) is 6.72. The molecule has 1 aromatic carbocycles. The molecular weight excluding hydrogens is 328 g/mol. The first-order chi connectivity index (χ1) is 12.3. The summed E-state index contributed by atoms with van der Waals surface area (Å²) >= 11 is 2.10. The zero-order valence-corrected chi connectivity index (χ0v) is 15.9. The van der Waals surface area contributed by atoms with Crippen molar-refractivity contribution >= 4 is 11.8 Å². The van der Waals surface area contributed by atoms with Gasteiger partial charge >= 0.3 is 0 Å². The molecule has 0 radical (unpaired) electrons. The van der Waals surface area contributed by atoms with Crippen LogP contribution < -0.4 is 4.74 Å². The Labute approximate surface area is 155 Å². The van der Waals surface area contributed by atoms with Crippen LogP contribution in [0.5, 0.6) is 5.75 Å². The molecule has 1 aromatic heterocycles. The molecule has 3 rings (SSSR count). The Hall–Kier alpha value is -1.52. The monoisotopic (exact) mass is 356 g/mol. The van der Waals surface area contributed by atoms with E-state index in [1.54, 1.807) is 7.11 Å². The summed E-state index contributed by atoms with van der Waals surface area (Å²) in [5.41, 5.74) is 2.84. The molecular formula is C21H28N2OS. The van der Waals surface area contributed by atoms with Crippen LogP contribution in [-0.4, -0.2) is 42.4 Å². The third kappa shape index (κ3) is 5.75. The highest BCUT2D eigenvalue weighted by atomic mass is 32.2. The summed E-state index contributed by atoms with van der Waals surface area (Å²) in [6.45, 7) is 3.65. The van der Waals surface area contributed by atoms with Gasteiger partial charge in [0.2, 0.25) is 0 Å². The molecule has 1 saturated heterocycles. The summed E-state index contributed by atoms with van der Waals surface area (Å²) in [5.74, 6) is 2.17. The highest BCUT2D eigenvalue weighted by molar-refractivity contribution is 7.99. The molecule has 4 heteroatoms. The number of nitrogens with zero attached hydrogens (tertiary/aromatic N) is 2. The van der Waals surface area contributed by atoms with Crippen LogP contribution in [0, 0.1) is 0 Å². The lowest BCUT2D eigenvalue weighted by molar-refractivity contribution is 0.285. The average molecular weight is 357 g/mol. The average Bonchev–Trinajstić information content (AvgIpc) is 2.92. The largest absolute Gasteiger partial charge is 0.497 e. The van der Waals surface area contributed by atoms with Crippen LogP contribution in [0.2, 0.25) is 0 Å². The fraction of sp³-hybridized carbons (Fsp3) is 0.476. The molecule has 0 saturated carbocycles. The molecule has 1 unspecified atom stereocenters. The van der Waals surface area contributed by atoms with Crippen LogP contribution in [0.15, 0.2) is 48.8 Å². The number of aryl methyl sites for hydroxylation is 1. The zero-order chi connectivity index (χ0) is 17.3. The molecule has 25 heavy (non-hydrogen) atoms. The third-order valence-electron chi connectivity index (χ3n) is 4.86. The number of hydrogen-bond acceptors (Lipinski definition) is 4. The first kappa shape index (κ1) is 18.3. The molecule has 0 spiro atoms. The highest BCUT2D eigenvalue weighted by Crippen LogP contribution is 2.35. The van der Waals surface area contributed by atoms with Gasteiger partial charge in [0.25, 0.3) is 0 Å². The lowest BCUT2D eigenvalue weighted by atomic mass is 10.1. The first-order valence-corrected chi connectivity index (χ1v) is 10.3. The molecule has 0 bridgehead atoms. The van der Waals surface area contributed by atoms with Gasteiger partial charge in [0.15, 0.2) is 0 Å². The SMILES string of the molecule is COc1ccc(C2CCN(CCCCc3ccncc3)CCS2)cc1. The van der Waals surface area contributed by atoms with Crippen LogP contribution in [0.1, 0.15) is 35.6 Å². The molecule has 0 amide bonds. The highest BCUT2D eigenvalue weighted by Gasteiger charge is 2.18. The summed E-state index contributed by atoms with van der Waals surface area (Å²) in [5, 5.41) is 0.618. The van der Waals surface area contributed by atoms with E-state index in [9.17, 15) is 0 Å². The Kier molecular flexibility index (Phi) is 7.19. The van der Waals surface area contributed by atoms with Gasteiger partial charge in [-0.2, -0.15) is 11.8 Å². The Bertz CT molecular complexity index is 618. The van der Waals surface area contributed by atoms with E-state index in [-0.39, 0.29) is 0 Å². The van der Waals surface area contributed by atoms with Crippen LogP contribution in [0.25, 0.3) is 0 Å². The van der Waals surface area contributed by atoms with E-state index >= 15 is 0 Å². The zero-order valence-electron chi connectivity index (χ0n) is 15.1. The van der Waals surface area contributed by atoms with Gasteiger partial charge in [0, 0.05) is 29.9 Å². The maximum atomic E-state index is 5.27. The van der Waals surface area contributed by atoms with E-state index in [2.05, 4.69) is 58.0 Å². The van der Waals surface area contributed by atoms with Crippen molar-refractivity contribution in [1.82, 2.24) is 9.88 Å². The number of hydrogen-bond donors (Lipinski definition) is 0. The van der Waals surface area contributed by atoms with Crippen molar-refractivity contribution in [3.63, 3.8) is 0 Å². The van der Waals surface area contributed by atoms with Crippen LogP contribution in [0.3, 0.4) is 0 Å². The third-order valence-corrected chi connectivity index (χ3v) is 6.19. The van der Waals surface area contributed by atoms with Gasteiger partial charge in [0.05, 0.1) is 7.11 Å². The standard InChI is InChI=1S/C21H28N2OS/c1-24-20-7-5-19(6-8-20)21-11-15-23(16-17-25-21)14-3-2-4-18-9-12-22-13-10-18/h5-10,12-13,21H,2-4,11,14-17H2,1H3. The number of ether oxygens (including phenoxy) is 1. The number of pyridine rings is 1. The minimum atomic E-state index is 0.618. The van der Waals surface area contributed by atoms with E-state index in [1.165, 1.54) is 62.2 Å². The quantitative estimate of drug-likeness (QED) is 0.678. The van der Waals surface area contributed by atoms with E-state index in [0.717, 1.165) is 5.75 Å². The van der Waals surface area contributed by atoms with Crippen molar-refractivity contribution in [3.8, 4) is 5.75 Å². The van der Waals surface area contributed by atoms with Crippen molar-refractivity contribution in [3.05, 3.63) is 59.9 Å². The lowest BCUT2D eigenvalue weighted by Gasteiger charge is -2.19. The molecule has 1 aliphatic rings. The Morgan fingerprint density at radius 1 is 1.08 bits per heavy atom. The fourth-order valence-corrected chi connectivity index (χ4v) is 4.61. The van der Waals surface area contributed by atoms with Crippen molar-refractivity contribution in [2.24, 2.45) is 0 Å². The summed E-state index contributed by atoms with van der Waals surface area (Å²) < 4.78 is 5.27. The minimum absolute atomic E-state index is 0.618. The molecule has 1 aliphatic heterocycles. The number of rotatable bonds is 7. The van der Waals surface area contributed by atoms with Gasteiger partial charge in [-0.15, -0.1) is 0 Å². The summed E-state index contributed by atoms with van der Waals surface area (Å²) in [7, 11) is 1.72. The summed E-state index contributed by atoms with van der Waals surface area (Å²) in [6, 6.07) is 12.9. The smallest absolute Gasteiger partial charge is 0.118 e. The second-order valence-corrected chi connectivity index (χ2v) is 7.89. The molecule has 1 fully saturated rings. The topological polar surface area (TPSA) is 25.4 Å². The van der Waals surface area contributed by atoms with Crippen LogP contribution in [-0.2, 0) is 6.42 Å². The molecule has 2 aromatic rings. The number of thioether (sulfide) groups is 1. The number of aromatic nitrogens is 1. The van der Waals surface area contributed by atoms with Gasteiger partial charge in [-0.25, -0.2) is 0 Å². The van der Waals surface area contributed by atoms with Gasteiger partial charge < -0.3 is 9.64 Å². The molecule has 1 atom stereocenters. The predicted octanol–water partition coefficient (Wildman–Crippen LogP) is 4.59. The van der Waals surface area contributed by atoms with E-state index in [0.29, 0.717) is 5.25 Å². The second-order valence-electron chi connectivity index (χ2n) is 6.58. The predicted molar refractivity (Wildman–Crippen MR) is 106 cm³/mol. The van der Waals surface area contributed by atoms with Gasteiger partial charge in [-0.3, -0.25) is 4.98 Å². The number of benzene rings is 1. The van der Waals surface area contributed by atoms with Crippen molar-refractivity contribution in [1.29, 1.82) is 0 Å².